The molecular formula is C27H32O5S. The Balaban J connectivity index is 1.71. The molecule has 2 unspecified atom stereocenters. The molecule has 1 aliphatic heterocycles. The average molecular weight is 469 g/mol. The summed E-state index contributed by atoms with van der Waals surface area (Å²) in [6.45, 7) is 4.59. The van der Waals surface area contributed by atoms with Crippen LogP contribution in [0.2, 0.25) is 0 Å². The van der Waals surface area contributed by atoms with E-state index in [0.717, 1.165) is 41.7 Å². The second-order valence-corrected chi connectivity index (χ2v) is 10.6. The van der Waals surface area contributed by atoms with Gasteiger partial charge in [0.25, 0.3) is 0 Å². The number of aryl methyl sites for hydroxylation is 1. The van der Waals surface area contributed by atoms with Crippen LogP contribution >= 0.6 is 11.8 Å². The molecule has 0 spiro atoms. The van der Waals surface area contributed by atoms with E-state index < -0.39 is 6.29 Å². The third kappa shape index (κ3) is 4.48. The minimum Gasteiger partial charge on any atom is -0.465 e. The predicted octanol–water partition coefficient (Wildman–Crippen LogP) is 5.39. The van der Waals surface area contributed by atoms with Gasteiger partial charge in [-0.1, -0.05) is 32.0 Å². The Morgan fingerprint density at radius 1 is 1.09 bits per heavy atom. The van der Waals surface area contributed by atoms with Gasteiger partial charge in [-0.2, -0.15) is 0 Å². The molecular weight excluding hydrogens is 436 g/mol. The zero-order valence-electron chi connectivity index (χ0n) is 20.0. The maximum absolute atomic E-state index is 13.8. The quantitative estimate of drug-likeness (QED) is 0.418. The van der Waals surface area contributed by atoms with Crippen molar-refractivity contribution in [2.45, 2.75) is 55.6 Å². The molecule has 0 amide bonds. The number of methoxy groups -OCH3 is 3. The van der Waals surface area contributed by atoms with Crippen LogP contribution in [0.15, 0.2) is 41.3 Å². The first-order chi connectivity index (χ1) is 15.8. The fraction of sp³-hybridized carbons (Fsp3) is 0.481. The van der Waals surface area contributed by atoms with Crippen LogP contribution in [0.3, 0.4) is 0 Å². The van der Waals surface area contributed by atoms with Gasteiger partial charge in [0.2, 0.25) is 0 Å². The molecule has 0 radical (unpaired) electrons. The highest BCUT2D eigenvalue weighted by atomic mass is 32.2. The Morgan fingerprint density at radius 2 is 1.79 bits per heavy atom. The van der Waals surface area contributed by atoms with Crippen LogP contribution < -0.4 is 0 Å². The van der Waals surface area contributed by atoms with Gasteiger partial charge in [0.05, 0.1) is 12.7 Å². The Bertz CT molecular complexity index is 1040. The molecule has 0 N–H and O–H groups in total. The van der Waals surface area contributed by atoms with Crippen molar-refractivity contribution in [3.05, 3.63) is 64.2 Å². The van der Waals surface area contributed by atoms with E-state index in [2.05, 4.69) is 26.0 Å². The SMILES string of the molecule is COC(=O)c1ccc(C(C(OC)OC)C2CCc3cc4c(cc3C2=O)SCCC4(C)C)cc1. The van der Waals surface area contributed by atoms with Crippen molar-refractivity contribution < 1.29 is 23.8 Å². The lowest BCUT2D eigenvalue weighted by atomic mass is 9.71. The zero-order valence-corrected chi connectivity index (χ0v) is 20.8. The van der Waals surface area contributed by atoms with Crippen LogP contribution in [0.4, 0.5) is 0 Å². The Labute approximate surface area is 200 Å². The van der Waals surface area contributed by atoms with Crippen LogP contribution in [0.1, 0.15) is 70.0 Å². The highest BCUT2D eigenvalue weighted by Crippen LogP contribution is 2.46. The summed E-state index contributed by atoms with van der Waals surface area (Å²) in [5, 5.41) is 0. The number of Topliss-reactive ketones (excluding diaryl/α,β-unsaturated/α-hetero) is 1. The van der Waals surface area contributed by atoms with Gasteiger partial charge < -0.3 is 14.2 Å². The monoisotopic (exact) mass is 468 g/mol. The number of rotatable bonds is 6. The maximum atomic E-state index is 13.8. The van der Waals surface area contributed by atoms with Crippen molar-refractivity contribution >= 4 is 23.5 Å². The van der Waals surface area contributed by atoms with Gasteiger partial charge in [0, 0.05) is 36.5 Å². The van der Waals surface area contributed by atoms with Crippen LogP contribution in [0.5, 0.6) is 0 Å². The molecule has 0 bridgehead atoms. The molecule has 2 aliphatic rings. The van der Waals surface area contributed by atoms with Crippen molar-refractivity contribution in [2.24, 2.45) is 5.92 Å². The van der Waals surface area contributed by atoms with E-state index in [-0.39, 0.29) is 29.0 Å². The van der Waals surface area contributed by atoms with Gasteiger partial charge in [-0.3, -0.25) is 4.79 Å². The molecule has 2 aromatic rings. The predicted molar refractivity (Wildman–Crippen MR) is 129 cm³/mol. The molecule has 1 aliphatic carbocycles. The minimum atomic E-state index is -0.574. The second kappa shape index (κ2) is 9.61. The first-order valence-corrected chi connectivity index (χ1v) is 12.4. The van der Waals surface area contributed by atoms with Crippen LogP contribution in [-0.2, 0) is 26.0 Å². The second-order valence-electron chi connectivity index (χ2n) is 9.48. The summed E-state index contributed by atoms with van der Waals surface area (Å²) in [5.41, 5.74) is 4.86. The highest BCUT2D eigenvalue weighted by molar-refractivity contribution is 7.99. The molecule has 1 heterocycles. The van der Waals surface area contributed by atoms with Gasteiger partial charge in [-0.25, -0.2) is 4.79 Å². The summed E-state index contributed by atoms with van der Waals surface area (Å²) >= 11 is 1.85. The largest absolute Gasteiger partial charge is 0.465 e. The maximum Gasteiger partial charge on any atom is 0.337 e. The molecule has 2 aromatic carbocycles. The molecule has 0 saturated carbocycles. The van der Waals surface area contributed by atoms with E-state index >= 15 is 0 Å². The van der Waals surface area contributed by atoms with Crippen LogP contribution in [-0.4, -0.2) is 45.1 Å². The third-order valence-corrected chi connectivity index (χ3v) is 8.21. The Kier molecular flexibility index (Phi) is 6.99. The molecule has 0 saturated heterocycles. The lowest BCUT2D eigenvalue weighted by Crippen LogP contribution is -2.36. The summed E-state index contributed by atoms with van der Waals surface area (Å²) in [6.07, 6.45) is 2.14. The molecule has 4 rings (SSSR count). The summed E-state index contributed by atoms with van der Waals surface area (Å²) in [4.78, 5) is 26.9. The number of ketones is 1. The highest BCUT2D eigenvalue weighted by Gasteiger charge is 2.40. The van der Waals surface area contributed by atoms with Crippen molar-refractivity contribution in [1.29, 1.82) is 0 Å². The molecule has 0 aromatic heterocycles. The van der Waals surface area contributed by atoms with E-state index in [4.69, 9.17) is 14.2 Å². The van der Waals surface area contributed by atoms with Crippen molar-refractivity contribution in [1.82, 2.24) is 0 Å². The molecule has 0 fully saturated rings. The number of hydrogen-bond acceptors (Lipinski definition) is 6. The van der Waals surface area contributed by atoms with Gasteiger partial charge in [0.15, 0.2) is 12.1 Å². The lowest BCUT2D eigenvalue weighted by Gasteiger charge is -2.37. The first kappa shape index (κ1) is 24.0. The fourth-order valence-corrected chi connectivity index (χ4v) is 6.70. The third-order valence-electron chi connectivity index (χ3n) is 7.15. The number of carbonyl (C=O) groups is 2. The van der Waals surface area contributed by atoms with Gasteiger partial charge in [-0.05, 0) is 65.3 Å². The average Bonchev–Trinajstić information content (AvgIpc) is 2.82. The van der Waals surface area contributed by atoms with Gasteiger partial charge in [0.1, 0.15) is 0 Å². The number of hydrogen-bond donors (Lipinski definition) is 0. The molecule has 33 heavy (non-hydrogen) atoms. The Hall–Kier alpha value is -2.15. The van der Waals surface area contributed by atoms with Crippen LogP contribution in [0.25, 0.3) is 0 Å². The smallest absolute Gasteiger partial charge is 0.337 e. The van der Waals surface area contributed by atoms with Crippen molar-refractivity contribution in [3.63, 3.8) is 0 Å². The van der Waals surface area contributed by atoms with Crippen molar-refractivity contribution in [3.8, 4) is 0 Å². The number of benzene rings is 2. The molecule has 6 heteroatoms. The molecule has 176 valence electrons. The van der Waals surface area contributed by atoms with E-state index in [1.165, 1.54) is 17.6 Å². The topological polar surface area (TPSA) is 61.8 Å². The number of ether oxygens (including phenoxy) is 3. The zero-order chi connectivity index (χ0) is 23.8. The van der Waals surface area contributed by atoms with Crippen LogP contribution in [0, 0.1) is 5.92 Å². The summed E-state index contributed by atoms with van der Waals surface area (Å²) in [7, 11) is 4.56. The number of carbonyl (C=O) groups excluding carboxylic acids is 2. The number of fused-ring (bicyclic) bond motifs is 2. The Morgan fingerprint density at radius 3 is 2.42 bits per heavy atom. The number of esters is 1. The lowest BCUT2D eigenvalue weighted by molar-refractivity contribution is -0.125. The van der Waals surface area contributed by atoms with Gasteiger partial charge >= 0.3 is 5.97 Å². The molecule has 2 atom stereocenters. The fourth-order valence-electron chi connectivity index (χ4n) is 5.17. The van der Waals surface area contributed by atoms with E-state index in [0.29, 0.717) is 5.56 Å². The van der Waals surface area contributed by atoms with Gasteiger partial charge in [-0.15, -0.1) is 11.8 Å². The van der Waals surface area contributed by atoms with E-state index in [1.54, 1.807) is 26.4 Å². The molecule has 5 nitrogen and oxygen atoms in total. The minimum absolute atomic E-state index is 0.136. The van der Waals surface area contributed by atoms with E-state index in [9.17, 15) is 9.59 Å². The van der Waals surface area contributed by atoms with Crippen molar-refractivity contribution in [2.75, 3.05) is 27.1 Å². The first-order valence-electron chi connectivity index (χ1n) is 11.4. The standard InChI is InChI=1S/C27H32O5S/c1-27(2)12-13-33-22-15-20-18(14-21(22)27)10-11-19(24(20)28)23(26(31-4)32-5)16-6-8-17(9-7-16)25(29)30-3/h6-9,14-15,19,23,26H,10-13H2,1-5H3. The normalized spacial score (nSPS) is 20.2. The summed E-state index contributed by atoms with van der Waals surface area (Å²) < 4.78 is 16.1. The number of thioether (sulfide) groups is 1. The summed E-state index contributed by atoms with van der Waals surface area (Å²) in [5.74, 6) is 0.268. The summed E-state index contributed by atoms with van der Waals surface area (Å²) in [6, 6.07) is 11.6. The van der Waals surface area contributed by atoms with E-state index in [1.807, 2.05) is 23.9 Å².